The van der Waals surface area contributed by atoms with Gasteiger partial charge < -0.3 is 10.1 Å². The second-order valence-electron chi connectivity index (χ2n) is 5.69. The van der Waals surface area contributed by atoms with Gasteiger partial charge in [0.2, 0.25) is 0 Å². The lowest BCUT2D eigenvalue weighted by molar-refractivity contribution is 0.0945. The van der Waals surface area contributed by atoms with E-state index in [1.165, 1.54) is 4.80 Å². The summed E-state index contributed by atoms with van der Waals surface area (Å²) in [6.45, 7) is 2.79. The van der Waals surface area contributed by atoms with Crippen molar-refractivity contribution in [2.75, 3.05) is 7.11 Å². The third-order valence-electron chi connectivity index (χ3n) is 3.77. The third-order valence-corrected chi connectivity index (χ3v) is 3.77. The molecule has 0 atom stereocenters. The number of amides is 1. The van der Waals surface area contributed by atoms with E-state index in [-0.39, 0.29) is 5.91 Å². The molecular formula is C19H20N4O2. The first-order chi connectivity index (χ1) is 12.2. The molecule has 2 aromatic carbocycles. The highest BCUT2D eigenvalue weighted by atomic mass is 16.5. The molecule has 0 aliphatic heterocycles. The van der Waals surface area contributed by atoms with Gasteiger partial charge in [-0.3, -0.25) is 4.79 Å². The maximum atomic E-state index is 12.4. The van der Waals surface area contributed by atoms with E-state index in [0.717, 1.165) is 16.8 Å². The summed E-state index contributed by atoms with van der Waals surface area (Å²) < 4.78 is 5.09. The van der Waals surface area contributed by atoms with E-state index >= 15 is 0 Å². The lowest BCUT2D eigenvalue weighted by Gasteiger charge is -2.05. The number of hydrogen-bond acceptors (Lipinski definition) is 4. The fourth-order valence-electron chi connectivity index (χ4n) is 2.45. The van der Waals surface area contributed by atoms with Gasteiger partial charge >= 0.3 is 0 Å². The highest BCUT2D eigenvalue weighted by Crippen LogP contribution is 2.09. The van der Waals surface area contributed by atoms with Gasteiger partial charge in [-0.25, -0.2) is 0 Å². The van der Waals surface area contributed by atoms with Gasteiger partial charge in [-0.15, -0.1) is 5.10 Å². The number of benzene rings is 2. The van der Waals surface area contributed by atoms with E-state index < -0.39 is 0 Å². The Labute approximate surface area is 146 Å². The van der Waals surface area contributed by atoms with Crippen LogP contribution in [0.2, 0.25) is 0 Å². The van der Waals surface area contributed by atoms with Crippen molar-refractivity contribution in [3.05, 3.63) is 77.1 Å². The van der Waals surface area contributed by atoms with Crippen LogP contribution in [-0.4, -0.2) is 28.0 Å². The zero-order chi connectivity index (χ0) is 17.6. The zero-order valence-electron chi connectivity index (χ0n) is 14.3. The Hall–Kier alpha value is -2.99. The minimum absolute atomic E-state index is 0.236. The van der Waals surface area contributed by atoms with Crippen molar-refractivity contribution in [3.8, 4) is 5.69 Å². The molecule has 0 saturated carbocycles. The molecule has 6 nitrogen and oxygen atoms in total. The summed E-state index contributed by atoms with van der Waals surface area (Å²) in [6.07, 6.45) is 0. The van der Waals surface area contributed by atoms with Gasteiger partial charge in [0.15, 0.2) is 5.69 Å². The van der Waals surface area contributed by atoms with E-state index in [1.54, 1.807) is 14.0 Å². The van der Waals surface area contributed by atoms with Gasteiger partial charge in [0, 0.05) is 13.7 Å². The second kappa shape index (κ2) is 7.72. The van der Waals surface area contributed by atoms with Crippen molar-refractivity contribution in [2.24, 2.45) is 0 Å². The average Bonchev–Trinajstić information content (AvgIpc) is 3.04. The molecule has 0 unspecified atom stereocenters. The fraction of sp³-hybridized carbons (Fsp3) is 0.211. The van der Waals surface area contributed by atoms with Crippen molar-refractivity contribution < 1.29 is 9.53 Å². The van der Waals surface area contributed by atoms with Crippen LogP contribution in [0, 0.1) is 6.92 Å². The van der Waals surface area contributed by atoms with Crippen LogP contribution in [0.4, 0.5) is 0 Å². The van der Waals surface area contributed by atoms with Crippen molar-refractivity contribution in [1.82, 2.24) is 20.3 Å². The van der Waals surface area contributed by atoms with Crippen molar-refractivity contribution >= 4 is 5.91 Å². The van der Waals surface area contributed by atoms with E-state index in [0.29, 0.717) is 24.5 Å². The predicted octanol–water partition coefficient (Wildman–Crippen LogP) is 2.65. The molecule has 1 N–H and O–H groups in total. The topological polar surface area (TPSA) is 69.0 Å². The number of aromatic nitrogens is 3. The highest BCUT2D eigenvalue weighted by molar-refractivity contribution is 5.93. The molecule has 0 bridgehead atoms. The molecule has 3 rings (SSSR count). The Bertz CT molecular complexity index is 842. The van der Waals surface area contributed by atoms with E-state index in [1.807, 2.05) is 54.6 Å². The van der Waals surface area contributed by atoms with Crippen molar-refractivity contribution in [2.45, 2.75) is 20.1 Å². The molecule has 0 saturated heterocycles. The Morgan fingerprint density at radius 3 is 2.40 bits per heavy atom. The minimum atomic E-state index is -0.236. The molecule has 3 aromatic rings. The molecular weight excluding hydrogens is 316 g/mol. The summed E-state index contributed by atoms with van der Waals surface area (Å²) >= 11 is 0. The van der Waals surface area contributed by atoms with Crippen molar-refractivity contribution in [3.63, 3.8) is 0 Å². The van der Waals surface area contributed by atoms with Gasteiger partial charge in [-0.2, -0.15) is 9.90 Å². The summed E-state index contributed by atoms with van der Waals surface area (Å²) in [5.41, 5.74) is 3.86. The highest BCUT2D eigenvalue weighted by Gasteiger charge is 2.16. The number of para-hydroxylation sites is 1. The summed E-state index contributed by atoms with van der Waals surface area (Å²) in [5.74, 6) is -0.236. The fourth-order valence-corrected chi connectivity index (χ4v) is 2.45. The number of rotatable bonds is 6. The molecule has 25 heavy (non-hydrogen) atoms. The molecule has 1 aromatic heterocycles. The quantitative estimate of drug-likeness (QED) is 0.751. The number of methoxy groups -OCH3 is 1. The van der Waals surface area contributed by atoms with Crippen LogP contribution in [0.15, 0.2) is 54.6 Å². The molecule has 1 amide bonds. The van der Waals surface area contributed by atoms with Crippen LogP contribution in [0.3, 0.4) is 0 Å². The Morgan fingerprint density at radius 2 is 1.72 bits per heavy atom. The maximum absolute atomic E-state index is 12.4. The van der Waals surface area contributed by atoms with Gasteiger partial charge in [0.1, 0.15) is 0 Å². The monoisotopic (exact) mass is 336 g/mol. The van der Waals surface area contributed by atoms with Crippen molar-refractivity contribution in [1.29, 1.82) is 0 Å². The number of ether oxygens (including phenoxy) is 1. The molecule has 0 fully saturated rings. The van der Waals surface area contributed by atoms with Crippen LogP contribution in [0.5, 0.6) is 0 Å². The maximum Gasteiger partial charge on any atom is 0.274 e. The Balaban J connectivity index is 1.66. The first-order valence-corrected chi connectivity index (χ1v) is 8.01. The number of hydrogen-bond donors (Lipinski definition) is 1. The molecule has 0 aliphatic carbocycles. The van der Waals surface area contributed by atoms with Crippen LogP contribution >= 0.6 is 0 Å². The Morgan fingerprint density at radius 1 is 1.04 bits per heavy atom. The average molecular weight is 336 g/mol. The first kappa shape index (κ1) is 16.9. The smallest absolute Gasteiger partial charge is 0.274 e. The van der Waals surface area contributed by atoms with E-state index in [2.05, 4.69) is 15.5 Å². The second-order valence-corrected chi connectivity index (χ2v) is 5.69. The summed E-state index contributed by atoms with van der Waals surface area (Å²) in [6, 6.07) is 17.4. The molecule has 0 radical (unpaired) electrons. The zero-order valence-corrected chi connectivity index (χ0v) is 14.3. The van der Waals surface area contributed by atoms with Gasteiger partial charge in [-0.05, 0) is 30.2 Å². The van der Waals surface area contributed by atoms with Gasteiger partial charge in [0.05, 0.1) is 18.0 Å². The molecule has 0 spiro atoms. The number of nitrogens with zero attached hydrogens (tertiary/aromatic N) is 3. The van der Waals surface area contributed by atoms with Crippen LogP contribution in [-0.2, 0) is 17.9 Å². The summed E-state index contributed by atoms with van der Waals surface area (Å²) in [5, 5.41) is 11.5. The molecule has 1 heterocycles. The normalized spacial score (nSPS) is 10.6. The predicted molar refractivity (Wildman–Crippen MR) is 94.4 cm³/mol. The van der Waals surface area contributed by atoms with Crippen LogP contribution in [0.1, 0.15) is 27.3 Å². The lowest BCUT2D eigenvalue weighted by Crippen LogP contribution is -2.24. The number of aryl methyl sites for hydroxylation is 1. The largest absolute Gasteiger partial charge is 0.380 e. The van der Waals surface area contributed by atoms with Gasteiger partial charge in [0.25, 0.3) is 5.91 Å². The number of carbonyl (C=O) groups is 1. The van der Waals surface area contributed by atoms with Crippen LogP contribution < -0.4 is 5.32 Å². The number of nitrogens with one attached hydrogen (secondary N) is 1. The SMILES string of the molecule is COCc1ccc(CNC(=O)c2nn(-c3ccccc3)nc2C)cc1. The molecule has 0 aliphatic rings. The first-order valence-electron chi connectivity index (χ1n) is 8.01. The molecule has 128 valence electrons. The lowest BCUT2D eigenvalue weighted by atomic mass is 10.1. The minimum Gasteiger partial charge on any atom is -0.380 e. The number of carbonyl (C=O) groups excluding carboxylic acids is 1. The summed E-state index contributed by atoms with van der Waals surface area (Å²) in [4.78, 5) is 13.9. The molecule has 6 heteroatoms. The van der Waals surface area contributed by atoms with Crippen LogP contribution in [0.25, 0.3) is 5.69 Å². The third kappa shape index (κ3) is 4.10. The van der Waals surface area contributed by atoms with E-state index in [9.17, 15) is 4.79 Å². The van der Waals surface area contributed by atoms with E-state index in [4.69, 9.17) is 4.74 Å². The van der Waals surface area contributed by atoms with Gasteiger partial charge in [-0.1, -0.05) is 42.5 Å². The summed E-state index contributed by atoms with van der Waals surface area (Å²) in [7, 11) is 1.67. The Kier molecular flexibility index (Phi) is 5.20. The standard InChI is InChI=1S/C19H20N4O2/c1-14-18(22-23(21-14)17-6-4-3-5-7-17)19(24)20-12-15-8-10-16(11-9-15)13-25-2/h3-11H,12-13H2,1-2H3,(H,20,24).